The average Bonchev–Trinajstić information content (AvgIpc) is 2.03. The van der Waals surface area contributed by atoms with Gasteiger partial charge in [0.15, 0.2) is 0 Å². The molecule has 13 heavy (non-hydrogen) atoms. The van der Waals surface area contributed by atoms with E-state index in [4.69, 9.17) is 0 Å². The molecule has 0 unspecified atom stereocenters. The summed E-state index contributed by atoms with van der Waals surface area (Å²) >= 11 is 0. The van der Waals surface area contributed by atoms with Crippen molar-refractivity contribution in [2.24, 2.45) is 0 Å². The Bertz CT molecular complexity index is 176. The van der Waals surface area contributed by atoms with Crippen LogP contribution in [0, 0.1) is 0 Å². The van der Waals surface area contributed by atoms with E-state index in [-0.39, 0.29) is 6.03 Å². The molecule has 0 saturated carbocycles. The first kappa shape index (κ1) is 10.3. The van der Waals surface area contributed by atoms with E-state index in [1.165, 1.54) is 0 Å². The van der Waals surface area contributed by atoms with Gasteiger partial charge in [0.1, 0.15) is 0 Å². The van der Waals surface area contributed by atoms with Crippen LogP contribution in [0.1, 0.15) is 13.8 Å². The number of nitrogens with zero attached hydrogens (tertiary/aromatic N) is 2. The summed E-state index contributed by atoms with van der Waals surface area (Å²) in [5.74, 6) is 0. The van der Waals surface area contributed by atoms with Gasteiger partial charge in [-0.25, -0.2) is 4.79 Å². The average molecular weight is 185 g/mol. The molecule has 1 rings (SSSR count). The fourth-order valence-electron chi connectivity index (χ4n) is 1.42. The minimum absolute atomic E-state index is 0.150. The molecule has 4 heteroatoms. The molecule has 1 aliphatic heterocycles. The van der Waals surface area contributed by atoms with Crippen LogP contribution in [0.2, 0.25) is 0 Å². The summed E-state index contributed by atoms with van der Waals surface area (Å²) in [5.41, 5.74) is 0. The summed E-state index contributed by atoms with van der Waals surface area (Å²) < 4.78 is 0. The lowest BCUT2D eigenvalue weighted by atomic mass is 10.1. The molecule has 1 aliphatic rings. The lowest BCUT2D eigenvalue weighted by Crippen LogP contribution is -2.59. The van der Waals surface area contributed by atoms with E-state index < -0.39 is 0 Å². The van der Waals surface area contributed by atoms with Gasteiger partial charge in [-0.2, -0.15) is 0 Å². The lowest BCUT2D eigenvalue weighted by Gasteiger charge is -2.38. The van der Waals surface area contributed by atoms with Crippen LogP contribution >= 0.6 is 0 Å². The molecule has 1 N–H and O–H groups in total. The van der Waals surface area contributed by atoms with Gasteiger partial charge in [0.2, 0.25) is 0 Å². The number of nitrogens with one attached hydrogen (secondary N) is 1. The van der Waals surface area contributed by atoms with Crippen LogP contribution in [0.15, 0.2) is 0 Å². The largest absolute Gasteiger partial charge is 0.325 e. The second-order valence-electron chi connectivity index (χ2n) is 3.38. The standard InChI is InChI=1S/C9H19N3O/c1-4-12(5-2)9(13)11(3)8-6-10-7-8/h8,10H,4-7H2,1-3H3. The van der Waals surface area contributed by atoms with Gasteiger partial charge < -0.3 is 15.1 Å². The molecular formula is C9H19N3O. The van der Waals surface area contributed by atoms with Gasteiger partial charge in [-0.05, 0) is 13.8 Å². The van der Waals surface area contributed by atoms with Crippen molar-refractivity contribution in [3.63, 3.8) is 0 Å². The Kier molecular flexibility index (Phi) is 3.54. The Morgan fingerprint density at radius 1 is 1.38 bits per heavy atom. The predicted molar refractivity (Wildman–Crippen MR) is 52.7 cm³/mol. The molecule has 1 saturated heterocycles. The van der Waals surface area contributed by atoms with Crippen LogP contribution in [0.5, 0.6) is 0 Å². The Hall–Kier alpha value is -0.770. The predicted octanol–water partition coefficient (Wildman–Crippen LogP) is 0.352. The first-order valence-electron chi connectivity index (χ1n) is 4.93. The van der Waals surface area contributed by atoms with Gasteiger partial charge in [0.25, 0.3) is 0 Å². The maximum Gasteiger partial charge on any atom is 0.320 e. The van der Waals surface area contributed by atoms with Gasteiger partial charge in [-0.1, -0.05) is 0 Å². The van der Waals surface area contributed by atoms with E-state index in [9.17, 15) is 4.79 Å². The molecule has 0 aromatic rings. The molecule has 0 aromatic carbocycles. The summed E-state index contributed by atoms with van der Waals surface area (Å²) in [4.78, 5) is 15.4. The lowest BCUT2D eigenvalue weighted by molar-refractivity contribution is 0.134. The van der Waals surface area contributed by atoms with E-state index in [0.717, 1.165) is 26.2 Å². The number of hydrogen-bond acceptors (Lipinski definition) is 2. The van der Waals surface area contributed by atoms with E-state index in [2.05, 4.69) is 5.32 Å². The fourth-order valence-corrected chi connectivity index (χ4v) is 1.42. The monoisotopic (exact) mass is 185 g/mol. The summed E-state index contributed by atoms with van der Waals surface area (Å²) in [5, 5.41) is 3.16. The first-order valence-corrected chi connectivity index (χ1v) is 4.93. The van der Waals surface area contributed by atoms with Crippen LogP contribution in [-0.2, 0) is 0 Å². The Labute approximate surface area is 79.9 Å². The minimum Gasteiger partial charge on any atom is -0.325 e. The molecule has 0 aromatic heterocycles. The summed E-state index contributed by atoms with van der Waals surface area (Å²) in [6.45, 7) is 7.47. The van der Waals surface area contributed by atoms with Crippen LogP contribution in [0.4, 0.5) is 4.79 Å². The van der Waals surface area contributed by atoms with E-state index >= 15 is 0 Å². The normalized spacial score (nSPS) is 16.5. The zero-order valence-electron chi connectivity index (χ0n) is 8.71. The number of likely N-dealkylation sites (N-methyl/N-ethyl adjacent to an activating group) is 1. The van der Waals surface area contributed by atoms with Crippen molar-refractivity contribution in [3.05, 3.63) is 0 Å². The highest BCUT2D eigenvalue weighted by Crippen LogP contribution is 2.05. The van der Waals surface area contributed by atoms with Gasteiger partial charge >= 0.3 is 6.03 Å². The number of hydrogen-bond donors (Lipinski definition) is 1. The Balaban J connectivity index is 2.44. The van der Waals surface area contributed by atoms with Crippen molar-refractivity contribution in [1.82, 2.24) is 15.1 Å². The summed E-state index contributed by atoms with van der Waals surface area (Å²) in [7, 11) is 1.88. The highest BCUT2D eigenvalue weighted by atomic mass is 16.2. The third-order valence-corrected chi connectivity index (χ3v) is 2.64. The number of carbonyl (C=O) groups is 1. The topological polar surface area (TPSA) is 35.6 Å². The zero-order valence-corrected chi connectivity index (χ0v) is 8.71. The molecule has 0 bridgehead atoms. The van der Waals surface area contributed by atoms with Crippen molar-refractivity contribution >= 4 is 6.03 Å². The van der Waals surface area contributed by atoms with Crippen LogP contribution in [-0.4, -0.2) is 55.1 Å². The summed E-state index contributed by atoms with van der Waals surface area (Å²) in [6, 6.07) is 0.546. The Morgan fingerprint density at radius 3 is 2.23 bits per heavy atom. The smallest absolute Gasteiger partial charge is 0.320 e. The highest BCUT2D eigenvalue weighted by molar-refractivity contribution is 5.74. The summed E-state index contributed by atoms with van der Waals surface area (Å²) in [6.07, 6.45) is 0. The molecule has 0 atom stereocenters. The number of rotatable bonds is 3. The fraction of sp³-hybridized carbons (Fsp3) is 0.889. The van der Waals surface area contributed by atoms with Crippen LogP contribution in [0.25, 0.3) is 0 Å². The van der Waals surface area contributed by atoms with Crippen molar-refractivity contribution in [3.8, 4) is 0 Å². The maximum atomic E-state index is 11.8. The molecule has 0 radical (unpaired) electrons. The molecule has 1 heterocycles. The van der Waals surface area contributed by atoms with Crippen molar-refractivity contribution in [1.29, 1.82) is 0 Å². The first-order chi connectivity index (χ1) is 6.20. The van der Waals surface area contributed by atoms with Crippen molar-refractivity contribution in [2.75, 3.05) is 33.2 Å². The van der Waals surface area contributed by atoms with Gasteiger partial charge in [0, 0.05) is 33.2 Å². The second kappa shape index (κ2) is 4.46. The molecular weight excluding hydrogens is 166 g/mol. The van der Waals surface area contributed by atoms with Gasteiger partial charge in [0.05, 0.1) is 6.04 Å². The van der Waals surface area contributed by atoms with Gasteiger partial charge in [-0.15, -0.1) is 0 Å². The molecule has 0 aliphatic carbocycles. The molecule has 1 fully saturated rings. The molecule has 76 valence electrons. The molecule has 4 nitrogen and oxygen atoms in total. The highest BCUT2D eigenvalue weighted by Gasteiger charge is 2.27. The second-order valence-corrected chi connectivity index (χ2v) is 3.38. The maximum absolute atomic E-state index is 11.8. The number of amides is 2. The number of urea groups is 1. The molecule has 0 spiro atoms. The van der Waals surface area contributed by atoms with Gasteiger partial charge in [-0.3, -0.25) is 0 Å². The third-order valence-electron chi connectivity index (χ3n) is 2.64. The number of carbonyl (C=O) groups excluding carboxylic acids is 1. The van der Waals surface area contributed by atoms with Crippen LogP contribution in [0.3, 0.4) is 0 Å². The third kappa shape index (κ3) is 2.12. The van der Waals surface area contributed by atoms with Crippen molar-refractivity contribution in [2.45, 2.75) is 19.9 Å². The minimum atomic E-state index is 0.150. The van der Waals surface area contributed by atoms with E-state index in [0.29, 0.717) is 6.04 Å². The van der Waals surface area contributed by atoms with E-state index in [1.807, 2.05) is 30.7 Å². The zero-order chi connectivity index (χ0) is 9.84. The Morgan fingerprint density at radius 2 is 1.92 bits per heavy atom. The van der Waals surface area contributed by atoms with Crippen LogP contribution < -0.4 is 5.32 Å². The van der Waals surface area contributed by atoms with E-state index in [1.54, 1.807) is 0 Å². The quantitative estimate of drug-likeness (QED) is 0.688. The van der Waals surface area contributed by atoms with Crippen molar-refractivity contribution < 1.29 is 4.79 Å². The molecule has 2 amide bonds. The SMILES string of the molecule is CCN(CC)C(=O)N(C)C1CNC1.